The van der Waals surface area contributed by atoms with Crippen molar-refractivity contribution >= 4 is 17.5 Å². The Morgan fingerprint density at radius 2 is 2.06 bits per heavy atom. The summed E-state index contributed by atoms with van der Waals surface area (Å²) in [6.07, 6.45) is 0. The van der Waals surface area contributed by atoms with Crippen LogP contribution in [0.25, 0.3) is 0 Å². The van der Waals surface area contributed by atoms with E-state index in [0.717, 1.165) is 5.56 Å². The summed E-state index contributed by atoms with van der Waals surface area (Å²) in [5.41, 5.74) is 0.866. The quantitative estimate of drug-likeness (QED) is 0.902. The Bertz CT molecular complexity index is 429. The number of aliphatic hydroxyl groups excluding tert-OH is 1. The van der Waals surface area contributed by atoms with Crippen molar-refractivity contribution in [1.29, 1.82) is 0 Å². The van der Waals surface area contributed by atoms with Crippen LogP contribution in [-0.2, 0) is 0 Å². The van der Waals surface area contributed by atoms with E-state index in [-0.39, 0.29) is 12.5 Å². The van der Waals surface area contributed by atoms with Crippen LogP contribution in [0.4, 0.5) is 0 Å². The van der Waals surface area contributed by atoms with E-state index in [1.54, 1.807) is 30.1 Å². The van der Waals surface area contributed by atoms with Gasteiger partial charge in [0.25, 0.3) is 5.91 Å². The van der Waals surface area contributed by atoms with Crippen LogP contribution < -0.4 is 0 Å². The monoisotopic (exact) mass is 255 g/mol. The van der Waals surface area contributed by atoms with E-state index in [9.17, 15) is 9.90 Å². The summed E-state index contributed by atoms with van der Waals surface area (Å²) >= 11 is 5.85. The first kappa shape index (κ1) is 14.0. The number of aliphatic hydroxyl groups is 1. The molecule has 0 aliphatic rings. The molecule has 4 heteroatoms. The SMILES string of the molecule is Cc1cc(Cl)ccc1C(=O)N(C)C(C)(C)CO. The zero-order valence-electron chi connectivity index (χ0n) is 10.6. The van der Waals surface area contributed by atoms with Gasteiger partial charge in [0.05, 0.1) is 12.1 Å². The highest BCUT2D eigenvalue weighted by Gasteiger charge is 2.28. The molecule has 1 amide bonds. The first-order valence-corrected chi connectivity index (χ1v) is 5.82. The molecule has 0 fully saturated rings. The maximum Gasteiger partial charge on any atom is 0.254 e. The minimum absolute atomic E-state index is 0.0815. The predicted octanol–water partition coefficient (Wildman–Crippen LogP) is 2.49. The van der Waals surface area contributed by atoms with E-state index < -0.39 is 5.54 Å². The molecule has 0 heterocycles. The van der Waals surface area contributed by atoms with Crippen LogP contribution in [0.2, 0.25) is 5.02 Å². The number of amides is 1. The Balaban J connectivity index is 3.05. The fourth-order valence-electron chi connectivity index (χ4n) is 1.43. The van der Waals surface area contributed by atoms with Crippen molar-refractivity contribution in [3.63, 3.8) is 0 Å². The molecular formula is C13H18ClNO2. The number of nitrogens with zero attached hydrogens (tertiary/aromatic N) is 1. The number of likely N-dealkylation sites (N-methyl/N-ethyl adjacent to an activating group) is 1. The predicted molar refractivity (Wildman–Crippen MR) is 69.4 cm³/mol. The maximum absolute atomic E-state index is 12.3. The van der Waals surface area contributed by atoms with Crippen molar-refractivity contribution in [3.8, 4) is 0 Å². The first-order valence-electron chi connectivity index (χ1n) is 5.45. The highest BCUT2D eigenvalue weighted by Crippen LogP contribution is 2.20. The first-order chi connectivity index (χ1) is 7.79. The second-order valence-electron chi connectivity index (χ2n) is 4.79. The number of halogens is 1. The molecule has 0 aliphatic heterocycles. The number of hydrogen-bond acceptors (Lipinski definition) is 2. The molecule has 0 saturated heterocycles. The summed E-state index contributed by atoms with van der Waals surface area (Å²) in [6, 6.07) is 5.17. The van der Waals surface area contributed by atoms with E-state index in [2.05, 4.69) is 0 Å². The Morgan fingerprint density at radius 1 is 1.47 bits per heavy atom. The van der Waals surface area contributed by atoms with Crippen LogP contribution in [0.15, 0.2) is 18.2 Å². The lowest BCUT2D eigenvalue weighted by molar-refractivity contribution is 0.0472. The molecule has 94 valence electrons. The van der Waals surface area contributed by atoms with Crippen LogP contribution in [0.5, 0.6) is 0 Å². The topological polar surface area (TPSA) is 40.5 Å². The van der Waals surface area contributed by atoms with Gasteiger partial charge in [0.1, 0.15) is 0 Å². The molecule has 0 aliphatic carbocycles. The average Bonchev–Trinajstić information content (AvgIpc) is 2.27. The number of hydrogen-bond donors (Lipinski definition) is 1. The summed E-state index contributed by atoms with van der Waals surface area (Å²) in [5.74, 6) is -0.113. The summed E-state index contributed by atoms with van der Waals surface area (Å²) in [7, 11) is 1.69. The minimum Gasteiger partial charge on any atom is -0.394 e. The second kappa shape index (κ2) is 5.07. The van der Waals surface area contributed by atoms with Crippen molar-refractivity contribution in [2.45, 2.75) is 26.3 Å². The normalized spacial score (nSPS) is 11.4. The zero-order valence-corrected chi connectivity index (χ0v) is 11.4. The Kier molecular flexibility index (Phi) is 4.17. The van der Waals surface area contributed by atoms with Gasteiger partial charge in [0.2, 0.25) is 0 Å². The van der Waals surface area contributed by atoms with Gasteiger partial charge < -0.3 is 10.0 Å². The van der Waals surface area contributed by atoms with Crippen molar-refractivity contribution in [2.24, 2.45) is 0 Å². The Hall–Kier alpha value is -1.06. The molecule has 1 aromatic rings. The second-order valence-corrected chi connectivity index (χ2v) is 5.23. The van der Waals surface area contributed by atoms with E-state index in [1.165, 1.54) is 0 Å². The Labute approximate surface area is 107 Å². The van der Waals surface area contributed by atoms with Gasteiger partial charge in [-0.05, 0) is 44.5 Å². The van der Waals surface area contributed by atoms with Crippen molar-refractivity contribution in [3.05, 3.63) is 34.3 Å². The molecule has 1 N–H and O–H groups in total. The average molecular weight is 256 g/mol. The lowest BCUT2D eigenvalue weighted by Gasteiger charge is -2.34. The van der Waals surface area contributed by atoms with Crippen LogP contribution in [0.3, 0.4) is 0 Å². The number of benzene rings is 1. The molecule has 0 spiro atoms. The van der Waals surface area contributed by atoms with Gasteiger partial charge >= 0.3 is 0 Å². The van der Waals surface area contributed by atoms with Gasteiger partial charge in [-0.1, -0.05) is 11.6 Å². The molecular weight excluding hydrogens is 238 g/mol. The summed E-state index contributed by atoms with van der Waals surface area (Å²) < 4.78 is 0. The maximum atomic E-state index is 12.3. The molecule has 0 bridgehead atoms. The standard InChI is InChI=1S/C13H18ClNO2/c1-9-7-10(14)5-6-11(9)12(17)15(4)13(2,3)8-16/h5-7,16H,8H2,1-4H3. The zero-order chi connectivity index (χ0) is 13.2. The number of aryl methyl sites for hydroxylation is 1. The largest absolute Gasteiger partial charge is 0.394 e. The highest BCUT2D eigenvalue weighted by molar-refractivity contribution is 6.30. The Morgan fingerprint density at radius 3 is 2.53 bits per heavy atom. The molecule has 1 aromatic carbocycles. The highest BCUT2D eigenvalue weighted by atomic mass is 35.5. The van der Waals surface area contributed by atoms with Gasteiger partial charge in [-0.25, -0.2) is 0 Å². The van der Waals surface area contributed by atoms with Gasteiger partial charge in [-0.15, -0.1) is 0 Å². The molecule has 17 heavy (non-hydrogen) atoms. The van der Waals surface area contributed by atoms with Crippen LogP contribution >= 0.6 is 11.6 Å². The van der Waals surface area contributed by atoms with Crippen LogP contribution in [-0.4, -0.2) is 35.1 Å². The molecule has 0 radical (unpaired) electrons. The third kappa shape index (κ3) is 2.99. The smallest absolute Gasteiger partial charge is 0.254 e. The molecule has 0 saturated carbocycles. The number of rotatable bonds is 3. The van der Waals surface area contributed by atoms with Crippen LogP contribution in [0.1, 0.15) is 29.8 Å². The van der Waals surface area contributed by atoms with Gasteiger partial charge in [-0.3, -0.25) is 4.79 Å². The summed E-state index contributed by atoms with van der Waals surface area (Å²) in [5, 5.41) is 9.87. The number of carbonyl (C=O) groups is 1. The van der Waals surface area contributed by atoms with E-state index in [1.807, 2.05) is 20.8 Å². The van der Waals surface area contributed by atoms with Crippen molar-refractivity contribution in [2.75, 3.05) is 13.7 Å². The molecule has 0 unspecified atom stereocenters. The third-order valence-corrected chi connectivity index (χ3v) is 3.25. The molecule has 3 nitrogen and oxygen atoms in total. The van der Waals surface area contributed by atoms with E-state index >= 15 is 0 Å². The molecule has 0 aromatic heterocycles. The van der Waals surface area contributed by atoms with Crippen molar-refractivity contribution < 1.29 is 9.90 Å². The van der Waals surface area contributed by atoms with Gasteiger partial charge in [0, 0.05) is 17.6 Å². The van der Waals surface area contributed by atoms with Gasteiger partial charge in [-0.2, -0.15) is 0 Å². The van der Waals surface area contributed by atoms with Crippen LogP contribution in [0, 0.1) is 6.92 Å². The van der Waals surface area contributed by atoms with E-state index in [4.69, 9.17) is 11.6 Å². The summed E-state index contributed by atoms with van der Waals surface area (Å²) in [6.45, 7) is 5.40. The van der Waals surface area contributed by atoms with Crippen molar-refractivity contribution in [1.82, 2.24) is 4.90 Å². The fourth-order valence-corrected chi connectivity index (χ4v) is 1.66. The van der Waals surface area contributed by atoms with E-state index in [0.29, 0.717) is 10.6 Å². The summed E-state index contributed by atoms with van der Waals surface area (Å²) in [4.78, 5) is 13.8. The lowest BCUT2D eigenvalue weighted by Crippen LogP contribution is -2.47. The minimum atomic E-state index is -0.580. The third-order valence-electron chi connectivity index (χ3n) is 3.02. The molecule has 1 rings (SSSR count). The lowest BCUT2D eigenvalue weighted by atomic mass is 10.0. The number of carbonyl (C=O) groups excluding carboxylic acids is 1. The fraction of sp³-hybridized carbons (Fsp3) is 0.462. The van der Waals surface area contributed by atoms with Gasteiger partial charge in [0.15, 0.2) is 0 Å². The molecule has 0 atom stereocenters.